The summed E-state index contributed by atoms with van der Waals surface area (Å²) in [6.45, 7) is 3.60. The first-order valence-electron chi connectivity index (χ1n) is 6.33. The molecule has 0 unspecified atom stereocenters. The second-order valence-electron chi connectivity index (χ2n) is 5.40. The third-order valence-electron chi connectivity index (χ3n) is 4.03. The minimum Gasteiger partial charge on any atom is -0.481 e. The standard InChI is InChI=1S/C12H20N2O4/c1-8-6-14(7-9(8)10(15)16)11(17)12(13)2-4-18-5-3-12/h8-9H,2-7,13H2,1H3,(H,15,16)/t8-,9-/m1/s1. The Bertz CT molecular complexity index is 352. The van der Waals surface area contributed by atoms with Crippen LogP contribution >= 0.6 is 0 Å². The Balaban J connectivity index is 2.04. The highest BCUT2D eigenvalue weighted by Crippen LogP contribution is 2.28. The van der Waals surface area contributed by atoms with Crippen LogP contribution in [0.2, 0.25) is 0 Å². The number of nitrogens with zero attached hydrogens (tertiary/aromatic N) is 1. The molecule has 1 amide bonds. The van der Waals surface area contributed by atoms with E-state index in [2.05, 4.69) is 0 Å². The molecule has 2 saturated heterocycles. The van der Waals surface area contributed by atoms with E-state index in [1.54, 1.807) is 4.90 Å². The van der Waals surface area contributed by atoms with Crippen molar-refractivity contribution in [2.24, 2.45) is 17.6 Å². The Morgan fingerprint density at radius 1 is 1.33 bits per heavy atom. The van der Waals surface area contributed by atoms with Gasteiger partial charge in [0.1, 0.15) is 0 Å². The van der Waals surface area contributed by atoms with E-state index in [-0.39, 0.29) is 18.4 Å². The Kier molecular flexibility index (Phi) is 3.59. The van der Waals surface area contributed by atoms with Crippen molar-refractivity contribution in [2.75, 3.05) is 26.3 Å². The van der Waals surface area contributed by atoms with E-state index in [0.717, 1.165) is 0 Å². The van der Waals surface area contributed by atoms with Gasteiger partial charge in [0, 0.05) is 26.3 Å². The second-order valence-corrected chi connectivity index (χ2v) is 5.40. The fourth-order valence-corrected chi connectivity index (χ4v) is 2.72. The van der Waals surface area contributed by atoms with Crippen molar-refractivity contribution in [3.05, 3.63) is 0 Å². The molecule has 2 rings (SSSR count). The molecule has 0 bridgehead atoms. The van der Waals surface area contributed by atoms with Gasteiger partial charge in [0.25, 0.3) is 0 Å². The number of rotatable bonds is 2. The van der Waals surface area contributed by atoms with Gasteiger partial charge >= 0.3 is 5.97 Å². The van der Waals surface area contributed by atoms with Gasteiger partial charge < -0.3 is 20.5 Å². The number of carbonyl (C=O) groups excluding carboxylic acids is 1. The van der Waals surface area contributed by atoms with Crippen LogP contribution in [0.1, 0.15) is 19.8 Å². The summed E-state index contributed by atoms with van der Waals surface area (Å²) in [7, 11) is 0. The first-order valence-corrected chi connectivity index (χ1v) is 6.33. The molecule has 0 saturated carbocycles. The number of aliphatic carboxylic acids is 1. The number of nitrogens with two attached hydrogens (primary N) is 1. The van der Waals surface area contributed by atoms with E-state index < -0.39 is 17.4 Å². The molecule has 0 aromatic heterocycles. The Morgan fingerprint density at radius 3 is 2.44 bits per heavy atom. The lowest BCUT2D eigenvalue weighted by Gasteiger charge is -2.35. The average Bonchev–Trinajstić information content (AvgIpc) is 2.71. The Labute approximate surface area is 106 Å². The van der Waals surface area contributed by atoms with E-state index in [1.165, 1.54) is 0 Å². The van der Waals surface area contributed by atoms with E-state index >= 15 is 0 Å². The van der Waals surface area contributed by atoms with Crippen LogP contribution in [0.4, 0.5) is 0 Å². The Morgan fingerprint density at radius 2 is 1.94 bits per heavy atom. The minimum atomic E-state index is -0.870. The highest BCUT2D eigenvalue weighted by atomic mass is 16.5. The molecule has 2 aliphatic rings. The number of carboxylic acid groups (broad SMARTS) is 1. The van der Waals surface area contributed by atoms with Crippen molar-refractivity contribution in [1.82, 2.24) is 4.90 Å². The van der Waals surface area contributed by atoms with Gasteiger partial charge in [-0.2, -0.15) is 0 Å². The predicted octanol–water partition coefficient (Wildman–Crippen LogP) is -0.327. The fraction of sp³-hybridized carbons (Fsp3) is 0.833. The lowest BCUT2D eigenvalue weighted by atomic mass is 9.90. The molecule has 0 aliphatic carbocycles. The summed E-state index contributed by atoms with van der Waals surface area (Å²) in [6, 6.07) is 0. The molecular formula is C12H20N2O4. The van der Waals surface area contributed by atoms with Crippen molar-refractivity contribution in [2.45, 2.75) is 25.3 Å². The molecule has 2 heterocycles. The summed E-state index contributed by atoms with van der Waals surface area (Å²) in [5.41, 5.74) is 5.26. The Hall–Kier alpha value is -1.14. The molecule has 2 aliphatic heterocycles. The molecule has 18 heavy (non-hydrogen) atoms. The summed E-state index contributed by atoms with van der Waals surface area (Å²) >= 11 is 0. The number of hydrogen-bond donors (Lipinski definition) is 2. The maximum absolute atomic E-state index is 12.4. The van der Waals surface area contributed by atoms with Gasteiger partial charge in [0.2, 0.25) is 5.91 Å². The van der Waals surface area contributed by atoms with Gasteiger partial charge in [-0.3, -0.25) is 9.59 Å². The number of ether oxygens (including phenoxy) is 1. The van der Waals surface area contributed by atoms with E-state index in [4.69, 9.17) is 15.6 Å². The third-order valence-corrected chi connectivity index (χ3v) is 4.03. The van der Waals surface area contributed by atoms with Crippen LogP contribution in [0.3, 0.4) is 0 Å². The van der Waals surface area contributed by atoms with Crippen LogP contribution in [0, 0.1) is 11.8 Å². The van der Waals surface area contributed by atoms with E-state index in [9.17, 15) is 9.59 Å². The van der Waals surface area contributed by atoms with Gasteiger partial charge in [-0.15, -0.1) is 0 Å². The predicted molar refractivity (Wildman–Crippen MR) is 63.8 cm³/mol. The van der Waals surface area contributed by atoms with Crippen molar-refractivity contribution >= 4 is 11.9 Å². The lowest BCUT2D eigenvalue weighted by molar-refractivity contribution is -0.143. The van der Waals surface area contributed by atoms with Gasteiger partial charge in [-0.05, 0) is 18.8 Å². The maximum Gasteiger partial charge on any atom is 0.308 e. The molecular weight excluding hydrogens is 236 g/mol. The second kappa shape index (κ2) is 4.85. The monoisotopic (exact) mass is 256 g/mol. The molecule has 0 aromatic carbocycles. The van der Waals surface area contributed by atoms with Crippen molar-refractivity contribution in [3.8, 4) is 0 Å². The summed E-state index contributed by atoms with van der Waals surface area (Å²) in [5, 5.41) is 9.07. The topological polar surface area (TPSA) is 92.9 Å². The maximum atomic E-state index is 12.4. The number of amides is 1. The quantitative estimate of drug-likeness (QED) is 0.706. The zero-order valence-electron chi connectivity index (χ0n) is 10.6. The lowest BCUT2D eigenvalue weighted by Crippen LogP contribution is -2.57. The van der Waals surface area contributed by atoms with Gasteiger partial charge in [0.15, 0.2) is 0 Å². The molecule has 2 fully saturated rings. The number of carboxylic acids is 1. The van der Waals surface area contributed by atoms with Crippen LogP contribution in [0.5, 0.6) is 0 Å². The van der Waals surface area contributed by atoms with Crippen molar-refractivity contribution in [3.63, 3.8) is 0 Å². The average molecular weight is 256 g/mol. The largest absolute Gasteiger partial charge is 0.481 e. The molecule has 0 radical (unpaired) electrons. The van der Waals surface area contributed by atoms with Gasteiger partial charge in [-0.1, -0.05) is 6.92 Å². The SMILES string of the molecule is C[C@@H]1CN(C(=O)C2(N)CCOCC2)C[C@H]1C(=O)O. The zero-order chi connectivity index (χ0) is 13.3. The first-order chi connectivity index (χ1) is 8.44. The highest BCUT2D eigenvalue weighted by Gasteiger charge is 2.44. The third kappa shape index (κ3) is 2.35. The summed E-state index contributed by atoms with van der Waals surface area (Å²) < 4.78 is 5.21. The van der Waals surface area contributed by atoms with E-state index in [0.29, 0.717) is 32.6 Å². The van der Waals surface area contributed by atoms with Crippen LogP contribution < -0.4 is 5.73 Å². The summed E-state index contributed by atoms with van der Waals surface area (Å²) in [6.07, 6.45) is 1.02. The molecule has 0 spiro atoms. The van der Waals surface area contributed by atoms with Gasteiger partial charge in [0.05, 0.1) is 11.5 Å². The number of likely N-dealkylation sites (tertiary alicyclic amines) is 1. The molecule has 6 heteroatoms. The van der Waals surface area contributed by atoms with Crippen LogP contribution in [0.25, 0.3) is 0 Å². The van der Waals surface area contributed by atoms with Crippen molar-refractivity contribution in [1.29, 1.82) is 0 Å². The summed E-state index contributed by atoms with van der Waals surface area (Å²) in [4.78, 5) is 25.0. The number of carbonyl (C=O) groups is 2. The van der Waals surface area contributed by atoms with Crippen LogP contribution in [0.15, 0.2) is 0 Å². The molecule has 2 atom stereocenters. The molecule has 3 N–H and O–H groups in total. The fourth-order valence-electron chi connectivity index (χ4n) is 2.72. The molecule has 0 aromatic rings. The van der Waals surface area contributed by atoms with Crippen LogP contribution in [-0.2, 0) is 14.3 Å². The van der Waals surface area contributed by atoms with Crippen molar-refractivity contribution < 1.29 is 19.4 Å². The van der Waals surface area contributed by atoms with Crippen LogP contribution in [-0.4, -0.2) is 53.7 Å². The van der Waals surface area contributed by atoms with Gasteiger partial charge in [-0.25, -0.2) is 0 Å². The molecule has 102 valence electrons. The summed E-state index contributed by atoms with van der Waals surface area (Å²) in [5.74, 6) is -1.45. The normalized spacial score (nSPS) is 31.3. The first kappa shape index (κ1) is 13.3. The zero-order valence-corrected chi connectivity index (χ0v) is 10.6. The van der Waals surface area contributed by atoms with E-state index in [1.807, 2.05) is 6.92 Å². The highest BCUT2D eigenvalue weighted by molar-refractivity contribution is 5.87. The minimum absolute atomic E-state index is 0.0186. The molecule has 6 nitrogen and oxygen atoms in total. The number of hydrogen-bond acceptors (Lipinski definition) is 4. The smallest absolute Gasteiger partial charge is 0.308 e.